The van der Waals surface area contributed by atoms with Gasteiger partial charge < -0.3 is 4.74 Å². The highest BCUT2D eigenvalue weighted by Gasteiger charge is 2.41. The Balaban J connectivity index is 4.18. The minimum atomic E-state index is -4.89. The highest BCUT2D eigenvalue weighted by atomic mass is 19.4. The first kappa shape index (κ1) is 14.3. The lowest BCUT2D eigenvalue weighted by Gasteiger charge is -2.24. The zero-order valence-electron chi connectivity index (χ0n) is 9.39. The maximum Gasteiger partial charge on any atom is 0.490 e. The van der Waals surface area contributed by atoms with E-state index in [9.17, 15) is 18.0 Å². The van der Waals surface area contributed by atoms with E-state index >= 15 is 0 Å². The Kier molecular flexibility index (Phi) is 5.11. The second-order valence-electron chi connectivity index (χ2n) is 4.25. The Bertz CT molecular complexity index is 201. The van der Waals surface area contributed by atoms with Crippen LogP contribution in [0.25, 0.3) is 0 Å². The van der Waals surface area contributed by atoms with Gasteiger partial charge in [-0.2, -0.15) is 13.2 Å². The highest BCUT2D eigenvalue weighted by Crippen LogP contribution is 2.23. The molecule has 2 nitrogen and oxygen atoms in total. The number of hydrogen-bond acceptors (Lipinski definition) is 2. The minimum absolute atomic E-state index is 0.0451. The van der Waals surface area contributed by atoms with Crippen molar-refractivity contribution in [3.8, 4) is 0 Å². The van der Waals surface area contributed by atoms with Crippen LogP contribution < -0.4 is 0 Å². The molecule has 0 unspecified atom stereocenters. The van der Waals surface area contributed by atoms with Crippen molar-refractivity contribution in [1.82, 2.24) is 0 Å². The van der Waals surface area contributed by atoms with E-state index in [1.807, 2.05) is 27.7 Å². The summed E-state index contributed by atoms with van der Waals surface area (Å²) in [5, 5.41) is 0. The van der Waals surface area contributed by atoms with Crippen molar-refractivity contribution in [2.45, 2.75) is 33.9 Å². The molecule has 0 aliphatic rings. The van der Waals surface area contributed by atoms with Crippen LogP contribution in [0.5, 0.6) is 0 Å². The number of carbonyl (C=O) groups excluding carboxylic acids is 1. The average Bonchev–Trinajstić information content (AvgIpc) is 2.00. The number of halogens is 3. The van der Waals surface area contributed by atoms with E-state index in [0.717, 1.165) is 0 Å². The predicted octanol–water partition coefficient (Wildman–Crippen LogP) is 3.02. The fraction of sp³-hybridized carbons (Fsp3) is 0.900. The molecule has 0 aliphatic carbocycles. The van der Waals surface area contributed by atoms with Crippen molar-refractivity contribution in [2.75, 3.05) is 6.61 Å². The maximum atomic E-state index is 11.8. The van der Waals surface area contributed by atoms with Gasteiger partial charge in [-0.15, -0.1) is 0 Å². The second-order valence-corrected chi connectivity index (χ2v) is 4.25. The summed E-state index contributed by atoms with van der Waals surface area (Å²) < 4.78 is 39.7. The van der Waals surface area contributed by atoms with Crippen LogP contribution in [-0.2, 0) is 9.53 Å². The van der Waals surface area contributed by atoms with Gasteiger partial charge in [0.15, 0.2) is 0 Å². The molecule has 15 heavy (non-hydrogen) atoms. The van der Waals surface area contributed by atoms with Crippen LogP contribution in [0.2, 0.25) is 0 Å². The van der Waals surface area contributed by atoms with Crippen LogP contribution in [0, 0.1) is 17.8 Å². The number of alkyl halides is 3. The summed E-state index contributed by atoms with van der Waals surface area (Å²) in [5.41, 5.74) is 0. The molecule has 0 N–H and O–H groups in total. The molecular formula is C10H17F3O2. The Morgan fingerprint density at radius 2 is 1.53 bits per heavy atom. The van der Waals surface area contributed by atoms with Crippen molar-refractivity contribution in [2.24, 2.45) is 17.8 Å². The largest absolute Gasteiger partial charge is 0.490 e. The molecule has 0 heterocycles. The molecule has 0 atom stereocenters. The third kappa shape index (κ3) is 5.04. The molecule has 5 heteroatoms. The first-order valence-corrected chi connectivity index (χ1v) is 4.90. The molecule has 0 saturated carbocycles. The molecule has 0 aliphatic heterocycles. The molecule has 0 fully saturated rings. The summed E-state index contributed by atoms with van der Waals surface area (Å²) in [6.45, 7) is 7.41. The highest BCUT2D eigenvalue weighted by molar-refractivity contribution is 5.75. The monoisotopic (exact) mass is 226 g/mol. The van der Waals surface area contributed by atoms with Gasteiger partial charge in [-0.25, -0.2) is 4.79 Å². The molecule has 0 aromatic carbocycles. The smallest absolute Gasteiger partial charge is 0.459 e. The number of esters is 1. The lowest BCUT2D eigenvalue weighted by Crippen LogP contribution is -2.30. The summed E-state index contributed by atoms with van der Waals surface area (Å²) in [4.78, 5) is 10.5. The molecule has 0 spiro atoms. The Morgan fingerprint density at radius 3 is 1.80 bits per heavy atom. The van der Waals surface area contributed by atoms with Crippen molar-refractivity contribution in [3.05, 3.63) is 0 Å². The Labute approximate surface area is 87.8 Å². The molecule has 0 aromatic heterocycles. The van der Waals surface area contributed by atoms with Gasteiger partial charge in [-0.05, 0) is 17.8 Å². The molecule has 0 aromatic rings. The fourth-order valence-electron chi connectivity index (χ4n) is 1.41. The van der Waals surface area contributed by atoms with Crippen molar-refractivity contribution >= 4 is 5.97 Å². The molecular weight excluding hydrogens is 209 g/mol. The van der Waals surface area contributed by atoms with Crippen LogP contribution in [0.15, 0.2) is 0 Å². The van der Waals surface area contributed by atoms with Gasteiger partial charge in [0.1, 0.15) is 0 Å². The lowest BCUT2D eigenvalue weighted by molar-refractivity contribution is -0.201. The summed E-state index contributed by atoms with van der Waals surface area (Å²) in [5.74, 6) is -1.78. The number of rotatable bonds is 4. The van der Waals surface area contributed by atoms with Gasteiger partial charge in [-0.1, -0.05) is 27.7 Å². The van der Waals surface area contributed by atoms with Gasteiger partial charge in [0, 0.05) is 0 Å². The molecule has 0 radical (unpaired) electrons. The normalized spacial score (nSPS) is 12.7. The van der Waals surface area contributed by atoms with Gasteiger partial charge in [0.25, 0.3) is 0 Å². The summed E-state index contributed by atoms with van der Waals surface area (Å²) in [6, 6.07) is 0. The van der Waals surface area contributed by atoms with Crippen molar-refractivity contribution < 1.29 is 22.7 Å². The van der Waals surface area contributed by atoms with E-state index in [4.69, 9.17) is 0 Å². The molecule has 0 bridgehead atoms. The number of carbonyl (C=O) groups is 1. The van der Waals surface area contributed by atoms with Gasteiger partial charge >= 0.3 is 12.1 Å². The van der Waals surface area contributed by atoms with Crippen molar-refractivity contribution in [3.63, 3.8) is 0 Å². The minimum Gasteiger partial charge on any atom is -0.459 e. The number of hydrogen-bond donors (Lipinski definition) is 0. The summed E-state index contributed by atoms with van der Waals surface area (Å²) in [7, 11) is 0. The standard InChI is InChI=1S/C10H17F3O2/c1-6(2)8(7(3)4)5-15-9(14)10(11,12)13/h6-8H,5H2,1-4H3. The van der Waals surface area contributed by atoms with E-state index < -0.39 is 12.1 Å². The fourth-order valence-corrected chi connectivity index (χ4v) is 1.41. The molecule has 0 amide bonds. The third-order valence-electron chi connectivity index (χ3n) is 2.35. The van der Waals surface area contributed by atoms with Gasteiger partial charge in [0.05, 0.1) is 6.61 Å². The van der Waals surface area contributed by atoms with E-state index in [1.54, 1.807) is 0 Å². The predicted molar refractivity (Wildman–Crippen MR) is 50.2 cm³/mol. The van der Waals surface area contributed by atoms with Gasteiger partial charge in [0.2, 0.25) is 0 Å². The van der Waals surface area contributed by atoms with Crippen LogP contribution >= 0.6 is 0 Å². The van der Waals surface area contributed by atoms with Crippen LogP contribution in [-0.4, -0.2) is 18.8 Å². The van der Waals surface area contributed by atoms with Crippen LogP contribution in [0.3, 0.4) is 0 Å². The quantitative estimate of drug-likeness (QED) is 0.689. The van der Waals surface area contributed by atoms with Crippen LogP contribution in [0.1, 0.15) is 27.7 Å². The SMILES string of the molecule is CC(C)C(COC(=O)C(F)(F)F)C(C)C. The third-order valence-corrected chi connectivity index (χ3v) is 2.35. The average molecular weight is 226 g/mol. The lowest BCUT2D eigenvalue weighted by atomic mass is 9.86. The topological polar surface area (TPSA) is 26.3 Å². The maximum absolute atomic E-state index is 11.8. The molecule has 90 valence electrons. The zero-order valence-corrected chi connectivity index (χ0v) is 9.39. The molecule has 0 rings (SSSR count). The summed E-state index contributed by atoms with van der Waals surface area (Å²) >= 11 is 0. The Hall–Kier alpha value is -0.740. The van der Waals surface area contributed by atoms with Crippen LogP contribution in [0.4, 0.5) is 13.2 Å². The zero-order chi connectivity index (χ0) is 12.2. The van der Waals surface area contributed by atoms with Crippen molar-refractivity contribution in [1.29, 1.82) is 0 Å². The first-order chi connectivity index (χ1) is 6.66. The Morgan fingerprint density at radius 1 is 1.13 bits per heavy atom. The van der Waals surface area contributed by atoms with Gasteiger partial charge in [-0.3, -0.25) is 0 Å². The van der Waals surface area contributed by atoms with E-state index in [0.29, 0.717) is 0 Å². The second kappa shape index (κ2) is 5.37. The number of ether oxygens (including phenoxy) is 1. The molecule has 0 saturated heterocycles. The first-order valence-electron chi connectivity index (χ1n) is 4.90. The van der Waals surface area contributed by atoms with E-state index in [-0.39, 0.29) is 24.4 Å². The van der Waals surface area contributed by atoms with E-state index in [1.165, 1.54) is 0 Å². The van der Waals surface area contributed by atoms with E-state index in [2.05, 4.69) is 4.74 Å². The summed E-state index contributed by atoms with van der Waals surface area (Å²) in [6.07, 6.45) is -4.89.